The number of thioether (sulfide) groups is 1. The van der Waals surface area contributed by atoms with Gasteiger partial charge in [0, 0.05) is 6.07 Å². The average molecular weight is 473 g/mol. The number of thiophene rings is 1. The van der Waals surface area contributed by atoms with Gasteiger partial charge in [-0.2, -0.15) is 0 Å². The molecule has 0 N–H and O–H groups in total. The summed E-state index contributed by atoms with van der Waals surface area (Å²) in [6.45, 7) is 0. The van der Waals surface area contributed by atoms with E-state index in [1.165, 1.54) is 34.8 Å². The van der Waals surface area contributed by atoms with Gasteiger partial charge in [0.15, 0.2) is 22.4 Å². The van der Waals surface area contributed by atoms with E-state index in [-0.39, 0.29) is 17.1 Å². The Bertz CT molecular complexity index is 1330. The Labute approximate surface area is 191 Å². The highest BCUT2D eigenvalue weighted by molar-refractivity contribution is 7.99. The fourth-order valence-electron chi connectivity index (χ4n) is 3.07. The Morgan fingerprint density at radius 3 is 2.58 bits per heavy atom. The minimum absolute atomic E-state index is 0.0804. The first-order chi connectivity index (χ1) is 15.0. The van der Waals surface area contributed by atoms with Gasteiger partial charge in [0.1, 0.15) is 0 Å². The highest BCUT2D eigenvalue weighted by atomic mass is 35.5. The van der Waals surface area contributed by atoms with Crippen LogP contribution in [0.15, 0.2) is 64.5 Å². The Balaban J connectivity index is 1.80. The number of benzene rings is 2. The van der Waals surface area contributed by atoms with Crippen LogP contribution in [0.3, 0.4) is 0 Å². The van der Waals surface area contributed by atoms with Crippen molar-refractivity contribution >= 4 is 51.4 Å². The average Bonchev–Trinajstić information content (AvgIpc) is 3.23. The second-order valence-electron chi connectivity index (χ2n) is 6.41. The number of aromatic nitrogens is 2. The number of rotatable bonds is 7. The summed E-state index contributed by atoms with van der Waals surface area (Å²) >= 11 is 8.38. The Kier molecular flexibility index (Phi) is 6.31. The smallest absolute Gasteiger partial charge is 0.266 e. The molecule has 0 amide bonds. The first-order valence-electron chi connectivity index (χ1n) is 9.17. The lowest BCUT2D eigenvalue weighted by Gasteiger charge is -2.15. The molecule has 2 aromatic carbocycles. The molecular weight excluding hydrogens is 456 g/mol. The van der Waals surface area contributed by atoms with Gasteiger partial charge in [-0.05, 0) is 36.4 Å². The molecule has 4 aromatic rings. The van der Waals surface area contributed by atoms with Crippen LogP contribution >= 0.6 is 34.7 Å². The number of ketones is 1. The molecule has 0 aliphatic rings. The highest BCUT2D eigenvalue weighted by Crippen LogP contribution is 2.31. The van der Waals surface area contributed by atoms with Gasteiger partial charge in [0.2, 0.25) is 0 Å². The number of carbonyl (C=O) groups excluding carboxylic acids is 1. The fraction of sp³-hybridized carbons (Fsp3) is 0.136. The third-order valence-electron chi connectivity index (χ3n) is 4.55. The maximum atomic E-state index is 13.4. The number of halogens is 1. The monoisotopic (exact) mass is 472 g/mol. The molecule has 2 aromatic heterocycles. The first-order valence-corrected chi connectivity index (χ1v) is 11.4. The van der Waals surface area contributed by atoms with Gasteiger partial charge in [0.25, 0.3) is 5.56 Å². The molecule has 0 saturated heterocycles. The SMILES string of the molecule is COc1ccc(-n2c(SCC(=O)c3ccc(Cl)s3)nc3ccccc3c2=O)cc1OC. The van der Waals surface area contributed by atoms with E-state index in [4.69, 9.17) is 21.1 Å². The highest BCUT2D eigenvalue weighted by Gasteiger charge is 2.17. The molecule has 158 valence electrons. The predicted molar refractivity (Wildman–Crippen MR) is 125 cm³/mol. The van der Waals surface area contributed by atoms with Crippen molar-refractivity contribution in [1.82, 2.24) is 9.55 Å². The molecule has 6 nitrogen and oxygen atoms in total. The summed E-state index contributed by atoms with van der Waals surface area (Å²) in [4.78, 5) is 31.2. The van der Waals surface area contributed by atoms with E-state index in [1.807, 2.05) is 6.07 Å². The Hall–Kier alpha value is -2.81. The predicted octanol–water partition coefficient (Wildman–Crippen LogP) is 5.09. The minimum Gasteiger partial charge on any atom is -0.493 e. The van der Waals surface area contributed by atoms with Crippen LogP contribution in [0.4, 0.5) is 0 Å². The summed E-state index contributed by atoms with van der Waals surface area (Å²) in [6.07, 6.45) is 0. The summed E-state index contributed by atoms with van der Waals surface area (Å²) in [5.41, 5.74) is 0.903. The van der Waals surface area contributed by atoms with E-state index in [9.17, 15) is 9.59 Å². The standard InChI is InChI=1S/C22H17ClN2O4S2/c1-28-17-8-7-13(11-18(17)29-2)25-21(27)14-5-3-4-6-15(14)24-22(25)30-12-16(26)19-9-10-20(23)31-19/h3-11H,12H2,1-2H3. The van der Waals surface area contributed by atoms with Crippen LogP contribution in [0, 0.1) is 0 Å². The quantitative estimate of drug-likeness (QED) is 0.212. The van der Waals surface area contributed by atoms with Crippen LogP contribution in [0.5, 0.6) is 11.5 Å². The maximum absolute atomic E-state index is 13.4. The molecule has 9 heteroatoms. The van der Waals surface area contributed by atoms with Crippen LogP contribution in [0.1, 0.15) is 9.67 Å². The third kappa shape index (κ3) is 4.32. The van der Waals surface area contributed by atoms with Crippen molar-refractivity contribution in [2.75, 3.05) is 20.0 Å². The van der Waals surface area contributed by atoms with E-state index >= 15 is 0 Å². The fourth-order valence-corrected chi connectivity index (χ4v) is 5.03. The molecule has 0 saturated carbocycles. The molecule has 31 heavy (non-hydrogen) atoms. The van der Waals surface area contributed by atoms with Crippen molar-refractivity contribution < 1.29 is 14.3 Å². The molecule has 0 atom stereocenters. The first kappa shape index (κ1) is 21.4. The largest absolute Gasteiger partial charge is 0.493 e. The van der Waals surface area contributed by atoms with Crippen molar-refractivity contribution in [1.29, 1.82) is 0 Å². The van der Waals surface area contributed by atoms with E-state index in [0.717, 1.165) is 0 Å². The van der Waals surface area contributed by atoms with Gasteiger partial charge in [-0.25, -0.2) is 4.98 Å². The number of methoxy groups -OCH3 is 2. The molecule has 0 spiro atoms. The Morgan fingerprint density at radius 1 is 1.10 bits per heavy atom. The molecule has 0 aliphatic heterocycles. The van der Waals surface area contributed by atoms with Crippen LogP contribution < -0.4 is 15.0 Å². The Morgan fingerprint density at radius 2 is 1.87 bits per heavy atom. The van der Waals surface area contributed by atoms with Crippen LogP contribution in [-0.2, 0) is 0 Å². The zero-order valence-electron chi connectivity index (χ0n) is 16.6. The number of ether oxygens (including phenoxy) is 2. The number of carbonyl (C=O) groups is 1. The molecule has 4 rings (SSSR count). The lowest BCUT2D eigenvalue weighted by atomic mass is 10.2. The summed E-state index contributed by atoms with van der Waals surface area (Å²) in [6, 6.07) is 15.7. The second kappa shape index (κ2) is 9.13. The number of hydrogen-bond acceptors (Lipinski definition) is 7. The van der Waals surface area contributed by atoms with Crippen molar-refractivity contribution in [2.45, 2.75) is 5.16 Å². The van der Waals surface area contributed by atoms with Gasteiger partial charge in [-0.15, -0.1) is 11.3 Å². The van der Waals surface area contributed by atoms with Crippen molar-refractivity contribution in [2.24, 2.45) is 0 Å². The maximum Gasteiger partial charge on any atom is 0.266 e. The molecule has 0 unspecified atom stereocenters. The normalized spacial score (nSPS) is 10.9. The van der Waals surface area contributed by atoms with Crippen LogP contribution in [0.2, 0.25) is 4.34 Å². The van der Waals surface area contributed by atoms with E-state index in [2.05, 4.69) is 4.98 Å². The van der Waals surface area contributed by atoms with Crippen LogP contribution in [-0.4, -0.2) is 35.3 Å². The van der Waals surface area contributed by atoms with Gasteiger partial charge in [0.05, 0.1) is 45.8 Å². The summed E-state index contributed by atoms with van der Waals surface area (Å²) < 4.78 is 12.7. The van der Waals surface area contributed by atoms with Crippen LogP contribution in [0.25, 0.3) is 16.6 Å². The summed E-state index contributed by atoms with van der Waals surface area (Å²) in [7, 11) is 3.08. The zero-order valence-corrected chi connectivity index (χ0v) is 19.0. The van der Waals surface area contributed by atoms with Crippen molar-refractivity contribution in [3.63, 3.8) is 0 Å². The molecular formula is C22H17ClN2O4S2. The molecule has 0 bridgehead atoms. The number of fused-ring (bicyclic) bond motifs is 1. The summed E-state index contributed by atoms with van der Waals surface area (Å²) in [5, 5.41) is 0.893. The topological polar surface area (TPSA) is 70.4 Å². The number of Topliss-reactive ketones (excluding diaryl/α,β-unsaturated/α-hetero) is 1. The third-order valence-corrected chi connectivity index (χ3v) is 6.76. The van der Waals surface area contributed by atoms with E-state index in [0.29, 0.717) is 42.5 Å². The molecule has 2 heterocycles. The molecule has 0 aliphatic carbocycles. The van der Waals surface area contributed by atoms with Crippen molar-refractivity contribution in [3.05, 3.63) is 74.2 Å². The number of para-hydroxylation sites is 1. The summed E-state index contributed by atoms with van der Waals surface area (Å²) in [5.74, 6) is 1.07. The zero-order chi connectivity index (χ0) is 22.0. The number of nitrogens with zero attached hydrogens (tertiary/aromatic N) is 2. The number of hydrogen-bond donors (Lipinski definition) is 0. The lowest BCUT2D eigenvalue weighted by Crippen LogP contribution is -2.22. The molecule has 0 radical (unpaired) electrons. The second-order valence-corrected chi connectivity index (χ2v) is 9.06. The van der Waals surface area contributed by atoms with Crippen molar-refractivity contribution in [3.8, 4) is 17.2 Å². The molecule has 0 fully saturated rings. The van der Waals surface area contributed by atoms with Gasteiger partial charge < -0.3 is 9.47 Å². The minimum atomic E-state index is -0.230. The van der Waals surface area contributed by atoms with Gasteiger partial charge >= 0.3 is 0 Å². The lowest BCUT2D eigenvalue weighted by molar-refractivity contribution is 0.102. The van der Waals surface area contributed by atoms with Gasteiger partial charge in [-0.3, -0.25) is 14.2 Å². The van der Waals surface area contributed by atoms with Gasteiger partial charge in [-0.1, -0.05) is 35.5 Å². The van der Waals surface area contributed by atoms with E-state index < -0.39 is 0 Å². The van der Waals surface area contributed by atoms with E-state index in [1.54, 1.807) is 55.6 Å².